The molecule has 1 aromatic rings. The summed E-state index contributed by atoms with van der Waals surface area (Å²) >= 11 is 0. The van der Waals surface area contributed by atoms with E-state index in [1.165, 1.54) is 0 Å². The zero-order valence-electron chi connectivity index (χ0n) is 19.5. The Morgan fingerprint density at radius 3 is 2.00 bits per heavy atom. The molecule has 0 fully saturated rings. The van der Waals surface area contributed by atoms with Crippen molar-refractivity contribution in [1.29, 1.82) is 0 Å². The third-order valence-electron chi connectivity index (χ3n) is 4.17. The number of alkyl carbamates (subject to hydrolysis) is 2. The summed E-state index contributed by atoms with van der Waals surface area (Å²) in [5.74, 6) is -0.270. The van der Waals surface area contributed by atoms with Crippen molar-refractivity contribution in [3.05, 3.63) is 35.9 Å². The number of hydrogen-bond donors (Lipinski definition) is 3. The summed E-state index contributed by atoms with van der Waals surface area (Å²) in [5.41, 5.74) is -0.197. The van der Waals surface area contributed by atoms with Crippen LogP contribution in [0.15, 0.2) is 30.3 Å². The Hall–Kier alpha value is -2.77. The highest BCUT2D eigenvalue weighted by atomic mass is 16.6. The number of nitrogens with one attached hydrogen (secondary N) is 3. The highest BCUT2D eigenvalue weighted by Crippen LogP contribution is 2.20. The molecule has 0 unspecified atom stereocenters. The van der Waals surface area contributed by atoms with Crippen LogP contribution in [0.3, 0.4) is 0 Å². The molecule has 3 N–H and O–H groups in total. The number of carbonyl (C=O) groups is 3. The van der Waals surface area contributed by atoms with E-state index in [0.29, 0.717) is 25.9 Å². The molecule has 0 aliphatic heterocycles. The SMILES string of the molecule is CC(C)(C)OC(=O)N[C@H](C(=O)NCCCCNC(=O)OCc1ccccc1)C(C)(C)C. The van der Waals surface area contributed by atoms with Gasteiger partial charge in [-0.25, -0.2) is 9.59 Å². The molecule has 1 aromatic carbocycles. The van der Waals surface area contributed by atoms with Gasteiger partial charge in [0.25, 0.3) is 0 Å². The first kappa shape index (κ1) is 26.3. The van der Waals surface area contributed by atoms with Crippen molar-refractivity contribution >= 4 is 18.1 Å². The van der Waals surface area contributed by atoms with Crippen LogP contribution in [0, 0.1) is 5.41 Å². The molecule has 3 amide bonds. The van der Waals surface area contributed by atoms with Crippen LogP contribution < -0.4 is 16.0 Å². The van der Waals surface area contributed by atoms with Crippen molar-refractivity contribution in [2.75, 3.05) is 13.1 Å². The van der Waals surface area contributed by atoms with Gasteiger partial charge in [-0.15, -0.1) is 0 Å². The Labute approximate surface area is 185 Å². The first-order chi connectivity index (χ1) is 14.4. The Kier molecular flexibility index (Phi) is 10.3. The topological polar surface area (TPSA) is 106 Å². The maximum atomic E-state index is 12.6. The molecule has 31 heavy (non-hydrogen) atoms. The van der Waals surface area contributed by atoms with Crippen molar-refractivity contribution in [2.24, 2.45) is 5.41 Å². The van der Waals surface area contributed by atoms with Gasteiger partial charge in [0.05, 0.1) is 0 Å². The number of benzene rings is 1. The van der Waals surface area contributed by atoms with E-state index in [1.807, 2.05) is 51.1 Å². The summed E-state index contributed by atoms with van der Waals surface area (Å²) in [6, 6.07) is 8.72. The molecule has 174 valence electrons. The third-order valence-corrected chi connectivity index (χ3v) is 4.17. The molecule has 0 heterocycles. The maximum absolute atomic E-state index is 12.6. The van der Waals surface area contributed by atoms with E-state index in [-0.39, 0.29) is 12.5 Å². The van der Waals surface area contributed by atoms with Gasteiger partial charge in [0, 0.05) is 13.1 Å². The number of carbonyl (C=O) groups excluding carboxylic acids is 3. The molecule has 0 aromatic heterocycles. The van der Waals surface area contributed by atoms with Crippen LogP contribution in [0.5, 0.6) is 0 Å². The van der Waals surface area contributed by atoms with E-state index in [9.17, 15) is 14.4 Å². The molecular weight excluding hydrogens is 398 g/mol. The average Bonchev–Trinajstić information content (AvgIpc) is 2.65. The molecule has 0 radical (unpaired) electrons. The lowest BCUT2D eigenvalue weighted by molar-refractivity contribution is -0.125. The number of hydrogen-bond acceptors (Lipinski definition) is 5. The number of ether oxygens (including phenoxy) is 2. The standard InChI is InChI=1S/C23H37N3O5/c1-22(2,3)18(26-21(29)31-23(4,5)6)19(27)24-14-10-11-15-25-20(28)30-16-17-12-8-7-9-13-17/h7-9,12-13,18H,10-11,14-16H2,1-6H3,(H,24,27)(H,25,28)(H,26,29)/t18-/m1/s1. The lowest BCUT2D eigenvalue weighted by atomic mass is 9.86. The smallest absolute Gasteiger partial charge is 0.408 e. The van der Waals surface area contributed by atoms with E-state index in [2.05, 4.69) is 16.0 Å². The predicted molar refractivity (Wildman–Crippen MR) is 119 cm³/mol. The Bertz CT molecular complexity index is 708. The van der Waals surface area contributed by atoms with Gasteiger partial charge in [0.1, 0.15) is 18.2 Å². The fourth-order valence-electron chi connectivity index (χ4n) is 2.63. The van der Waals surface area contributed by atoms with Crippen molar-refractivity contribution in [1.82, 2.24) is 16.0 Å². The van der Waals surface area contributed by atoms with Crippen LogP contribution >= 0.6 is 0 Å². The number of unbranched alkanes of at least 4 members (excludes halogenated alkanes) is 1. The lowest BCUT2D eigenvalue weighted by Crippen LogP contribution is -2.54. The minimum Gasteiger partial charge on any atom is -0.445 e. The van der Waals surface area contributed by atoms with Crippen molar-refractivity contribution < 1.29 is 23.9 Å². The van der Waals surface area contributed by atoms with E-state index in [1.54, 1.807) is 20.8 Å². The normalized spacial score (nSPS) is 12.5. The Morgan fingerprint density at radius 1 is 0.871 bits per heavy atom. The molecule has 0 spiro atoms. The minimum absolute atomic E-state index is 0.224. The molecule has 8 heteroatoms. The maximum Gasteiger partial charge on any atom is 0.408 e. The van der Waals surface area contributed by atoms with Gasteiger partial charge in [-0.1, -0.05) is 51.1 Å². The molecule has 0 saturated carbocycles. The Morgan fingerprint density at radius 2 is 1.45 bits per heavy atom. The van der Waals surface area contributed by atoms with Crippen molar-refractivity contribution in [3.8, 4) is 0 Å². The predicted octanol–water partition coefficient (Wildman–Crippen LogP) is 3.75. The molecule has 8 nitrogen and oxygen atoms in total. The summed E-state index contributed by atoms with van der Waals surface area (Å²) in [5, 5.41) is 8.19. The summed E-state index contributed by atoms with van der Waals surface area (Å²) in [6.45, 7) is 12.0. The Balaban J connectivity index is 2.28. The van der Waals surface area contributed by atoms with Gasteiger partial charge >= 0.3 is 12.2 Å². The highest BCUT2D eigenvalue weighted by Gasteiger charge is 2.33. The fourth-order valence-corrected chi connectivity index (χ4v) is 2.63. The van der Waals surface area contributed by atoms with E-state index in [4.69, 9.17) is 9.47 Å². The molecule has 1 rings (SSSR count). The first-order valence-electron chi connectivity index (χ1n) is 10.6. The summed E-state index contributed by atoms with van der Waals surface area (Å²) < 4.78 is 10.4. The first-order valence-corrected chi connectivity index (χ1v) is 10.6. The number of amides is 3. The van der Waals surface area contributed by atoms with Crippen LogP contribution in [0.4, 0.5) is 9.59 Å². The highest BCUT2D eigenvalue weighted by molar-refractivity contribution is 5.86. The lowest BCUT2D eigenvalue weighted by Gasteiger charge is -2.31. The van der Waals surface area contributed by atoms with Gasteiger partial charge < -0.3 is 25.4 Å². The minimum atomic E-state index is -0.728. The molecular formula is C23H37N3O5. The monoisotopic (exact) mass is 435 g/mol. The van der Waals surface area contributed by atoms with Crippen LogP contribution in [0.1, 0.15) is 59.9 Å². The summed E-state index contributed by atoms with van der Waals surface area (Å²) in [7, 11) is 0. The van der Waals surface area contributed by atoms with Crippen molar-refractivity contribution in [2.45, 2.75) is 72.6 Å². The van der Waals surface area contributed by atoms with Crippen LogP contribution in [-0.4, -0.2) is 42.8 Å². The fraction of sp³-hybridized carbons (Fsp3) is 0.609. The van der Waals surface area contributed by atoms with E-state index >= 15 is 0 Å². The van der Waals surface area contributed by atoms with Crippen LogP contribution in [0.2, 0.25) is 0 Å². The zero-order chi connectivity index (χ0) is 23.5. The van der Waals surface area contributed by atoms with Gasteiger partial charge in [-0.2, -0.15) is 0 Å². The van der Waals surface area contributed by atoms with Gasteiger partial charge in [-0.05, 0) is 44.6 Å². The molecule has 0 saturated heterocycles. The molecule has 0 aliphatic carbocycles. The third kappa shape index (κ3) is 11.9. The van der Waals surface area contributed by atoms with Gasteiger partial charge in [-0.3, -0.25) is 4.79 Å². The van der Waals surface area contributed by atoms with E-state index < -0.39 is 29.2 Å². The van der Waals surface area contributed by atoms with Crippen LogP contribution in [0.25, 0.3) is 0 Å². The second-order valence-electron chi connectivity index (χ2n) is 9.43. The van der Waals surface area contributed by atoms with Gasteiger partial charge in [0.2, 0.25) is 5.91 Å². The van der Waals surface area contributed by atoms with Crippen LogP contribution in [-0.2, 0) is 20.9 Å². The summed E-state index contributed by atoms with van der Waals surface area (Å²) in [4.78, 5) is 36.4. The second kappa shape index (κ2) is 12.2. The zero-order valence-corrected chi connectivity index (χ0v) is 19.5. The van der Waals surface area contributed by atoms with Crippen molar-refractivity contribution in [3.63, 3.8) is 0 Å². The molecule has 0 aliphatic rings. The largest absolute Gasteiger partial charge is 0.445 e. The molecule has 1 atom stereocenters. The van der Waals surface area contributed by atoms with Gasteiger partial charge in [0.15, 0.2) is 0 Å². The second-order valence-corrected chi connectivity index (χ2v) is 9.43. The molecule has 0 bridgehead atoms. The quantitative estimate of drug-likeness (QED) is 0.512. The summed E-state index contributed by atoms with van der Waals surface area (Å²) in [6.07, 6.45) is 0.261. The average molecular weight is 436 g/mol. The van der Waals surface area contributed by atoms with E-state index in [0.717, 1.165) is 5.56 Å². The number of rotatable bonds is 9.